The summed E-state index contributed by atoms with van der Waals surface area (Å²) in [5.74, 6) is 0.279. The normalized spacial score (nSPS) is 18.6. The minimum absolute atomic E-state index is 0.193. The van der Waals surface area contributed by atoms with Crippen LogP contribution in [0.1, 0.15) is 47.2 Å². The van der Waals surface area contributed by atoms with E-state index >= 15 is 0 Å². The summed E-state index contributed by atoms with van der Waals surface area (Å²) in [4.78, 5) is 12.9. The summed E-state index contributed by atoms with van der Waals surface area (Å²) in [7, 11) is 1.54. The molecule has 1 saturated carbocycles. The van der Waals surface area contributed by atoms with Crippen LogP contribution in [0, 0.1) is 11.3 Å². The van der Waals surface area contributed by atoms with Crippen molar-refractivity contribution in [2.45, 2.75) is 44.4 Å². The summed E-state index contributed by atoms with van der Waals surface area (Å²) in [6, 6.07) is 12.7. The molecule has 2 aromatic carbocycles. The molecule has 0 aliphatic heterocycles. The van der Waals surface area contributed by atoms with Gasteiger partial charge in [-0.15, -0.1) is 0 Å². The third-order valence-electron chi connectivity index (χ3n) is 5.12. The highest BCUT2D eigenvalue weighted by molar-refractivity contribution is 6.32. The molecule has 2 aromatic rings. The Balaban J connectivity index is 1.73. The van der Waals surface area contributed by atoms with Crippen LogP contribution in [-0.2, 0) is 6.54 Å². The number of amides is 1. The number of hydrogen-bond donors (Lipinski definition) is 3. The number of carbonyl (C=O) groups excluding carboxylic acids is 1. The maximum atomic E-state index is 12.9. The van der Waals surface area contributed by atoms with Gasteiger partial charge < -0.3 is 20.5 Å². The first-order valence-corrected chi connectivity index (χ1v) is 9.97. The third kappa shape index (κ3) is 5.41. The fourth-order valence-electron chi connectivity index (χ4n) is 3.46. The molecule has 0 atom stereocenters. The minimum atomic E-state index is -0.269. The molecule has 0 aromatic heterocycles. The third-order valence-corrected chi connectivity index (χ3v) is 5.43. The van der Waals surface area contributed by atoms with E-state index in [2.05, 4.69) is 16.7 Å². The highest BCUT2D eigenvalue weighted by Crippen LogP contribution is 2.26. The summed E-state index contributed by atoms with van der Waals surface area (Å²) in [6.45, 7) is 0.304. The molecule has 1 aliphatic rings. The maximum absolute atomic E-state index is 12.9. The van der Waals surface area contributed by atoms with Crippen molar-refractivity contribution < 1.29 is 14.6 Å². The van der Waals surface area contributed by atoms with Crippen LogP contribution in [0.3, 0.4) is 0 Å². The predicted octanol–water partition coefficient (Wildman–Crippen LogP) is 3.87. The van der Waals surface area contributed by atoms with E-state index in [0.29, 0.717) is 34.1 Å². The fraction of sp³-hybridized carbons (Fsp3) is 0.364. The second kappa shape index (κ2) is 9.64. The molecule has 29 heavy (non-hydrogen) atoms. The Kier molecular flexibility index (Phi) is 6.97. The van der Waals surface area contributed by atoms with E-state index in [-0.39, 0.29) is 18.1 Å². The van der Waals surface area contributed by atoms with Gasteiger partial charge >= 0.3 is 0 Å². The molecule has 0 saturated heterocycles. The largest absolute Gasteiger partial charge is 0.495 e. The minimum Gasteiger partial charge on any atom is -0.495 e. The van der Waals surface area contributed by atoms with Gasteiger partial charge in [-0.3, -0.25) is 4.79 Å². The van der Waals surface area contributed by atoms with Gasteiger partial charge in [-0.05, 0) is 61.6 Å². The lowest BCUT2D eigenvalue weighted by atomic mass is 9.92. The Morgan fingerprint density at radius 1 is 1.24 bits per heavy atom. The predicted molar refractivity (Wildman–Crippen MR) is 112 cm³/mol. The van der Waals surface area contributed by atoms with E-state index in [4.69, 9.17) is 16.3 Å². The number of carbonyl (C=O) groups is 1. The smallest absolute Gasteiger partial charge is 0.253 e. The molecular weight excluding hydrogens is 390 g/mol. The lowest BCUT2D eigenvalue weighted by molar-refractivity contribution is 0.0951. The molecule has 3 rings (SSSR count). The molecule has 7 heteroatoms. The molecule has 0 spiro atoms. The van der Waals surface area contributed by atoms with Crippen molar-refractivity contribution in [3.8, 4) is 11.8 Å². The number of methoxy groups -OCH3 is 1. The number of aliphatic hydroxyl groups is 1. The van der Waals surface area contributed by atoms with Crippen molar-refractivity contribution in [3.63, 3.8) is 0 Å². The molecule has 0 radical (unpaired) electrons. The zero-order valence-electron chi connectivity index (χ0n) is 16.2. The van der Waals surface area contributed by atoms with E-state index in [1.165, 1.54) is 0 Å². The summed E-state index contributed by atoms with van der Waals surface area (Å²) in [5, 5.41) is 25.7. The lowest BCUT2D eigenvalue weighted by Crippen LogP contribution is -2.30. The van der Waals surface area contributed by atoms with Crippen molar-refractivity contribution in [2.75, 3.05) is 12.4 Å². The van der Waals surface area contributed by atoms with Crippen LogP contribution in [0.2, 0.25) is 5.02 Å². The Hall–Kier alpha value is -2.75. The average molecular weight is 414 g/mol. The number of ether oxygens (including phenoxy) is 1. The van der Waals surface area contributed by atoms with Gasteiger partial charge in [0.2, 0.25) is 0 Å². The number of aliphatic hydroxyl groups excluding tert-OH is 1. The Labute approximate surface area is 175 Å². The van der Waals surface area contributed by atoms with Crippen molar-refractivity contribution in [1.29, 1.82) is 5.26 Å². The molecule has 0 heterocycles. The van der Waals surface area contributed by atoms with Crippen molar-refractivity contribution in [2.24, 2.45) is 0 Å². The van der Waals surface area contributed by atoms with Gasteiger partial charge in [-0.2, -0.15) is 5.26 Å². The van der Waals surface area contributed by atoms with Crippen molar-refractivity contribution >= 4 is 23.2 Å². The standard InChI is InChI=1S/C22H24ClN3O3/c1-29-21-11-15(2-8-19(21)23)13-25-22(28)18-10-14(12-24)3-9-20(18)26-16-4-6-17(27)7-5-16/h2-3,8-11,16-17,26-27H,4-7,13H2,1H3,(H,25,28)/t16-,17+. The first-order valence-electron chi connectivity index (χ1n) is 9.59. The first-order chi connectivity index (χ1) is 14.0. The summed E-state index contributed by atoms with van der Waals surface area (Å²) in [5.41, 5.74) is 2.40. The van der Waals surface area contributed by atoms with Crippen molar-refractivity contribution in [1.82, 2.24) is 5.32 Å². The molecule has 152 valence electrons. The van der Waals surface area contributed by atoms with Crippen LogP contribution in [0.25, 0.3) is 0 Å². The summed E-state index contributed by atoms with van der Waals surface area (Å²) in [6.07, 6.45) is 2.93. The van der Waals surface area contributed by atoms with Gasteiger partial charge in [-0.1, -0.05) is 17.7 Å². The second-order valence-electron chi connectivity index (χ2n) is 7.17. The fourth-order valence-corrected chi connectivity index (χ4v) is 3.65. The maximum Gasteiger partial charge on any atom is 0.253 e. The average Bonchev–Trinajstić information content (AvgIpc) is 2.74. The number of nitrogens with one attached hydrogen (secondary N) is 2. The number of rotatable bonds is 6. The topological polar surface area (TPSA) is 94.4 Å². The Bertz CT molecular complexity index is 918. The van der Waals surface area contributed by atoms with Gasteiger partial charge in [-0.25, -0.2) is 0 Å². The monoisotopic (exact) mass is 413 g/mol. The van der Waals surface area contributed by atoms with Crippen LogP contribution in [0.4, 0.5) is 5.69 Å². The van der Waals surface area contributed by atoms with E-state index in [0.717, 1.165) is 31.2 Å². The molecule has 3 N–H and O–H groups in total. The van der Waals surface area contributed by atoms with Gasteiger partial charge in [0.1, 0.15) is 5.75 Å². The highest BCUT2D eigenvalue weighted by Gasteiger charge is 2.21. The van der Waals surface area contributed by atoms with Crippen LogP contribution < -0.4 is 15.4 Å². The van der Waals surface area contributed by atoms with E-state index in [9.17, 15) is 15.2 Å². The number of hydrogen-bond acceptors (Lipinski definition) is 5. The molecule has 1 fully saturated rings. The Morgan fingerprint density at radius 2 is 2.00 bits per heavy atom. The number of nitrogens with zero attached hydrogens (tertiary/aromatic N) is 1. The van der Waals surface area contributed by atoms with Gasteiger partial charge in [0, 0.05) is 18.3 Å². The van der Waals surface area contributed by atoms with E-state index in [1.807, 2.05) is 6.07 Å². The molecule has 6 nitrogen and oxygen atoms in total. The van der Waals surface area contributed by atoms with Crippen LogP contribution in [-0.4, -0.2) is 30.3 Å². The SMILES string of the molecule is COc1cc(CNC(=O)c2cc(C#N)ccc2N[C@H]2CC[C@@H](O)CC2)ccc1Cl. The van der Waals surface area contributed by atoms with Crippen LogP contribution in [0.5, 0.6) is 5.75 Å². The number of halogens is 1. The van der Waals surface area contributed by atoms with Crippen molar-refractivity contribution in [3.05, 3.63) is 58.1 Å². The number of benzene rings is 2. The summed E-state index contributed by atoms with van der Waals surface area (Å²) >= 11 is 6.04. The molecule has 1 aliphatic carbocycles. The van der Waals surface area contributed by atoms with E-state index in [1.54, 1.807) is 37.4 Å². The van der Waals surface area contributed by atoms with Gasteiger partial charge in [0.25, 0.3) is 5.91 Å². The van der Waals surface area contributed by atoms with Gasteiger partial charge in [0.15, 0.2) is 0 Å². The Morgan fingerprint density at radius 3 is 2.69 bits per heavy atom. The van der Waals surface area contributed by atoms with Gasteiger partial charge in [0.05, 0.1) is 35.4 Å². The van der Waals surface area contributed by atoms with Crippen LogP contribution in [0.15, 0.2) is 36.4 Å². The summed E-state index contributed by atoms with van der Waals surface area (Å²) < 4.78 is 5.21. The molecular formula is C22H24ClN3O3. The number of nitriles is 1. The number of anilines is 1. The highest BCUT2D eigenvalue weighted by atomic mass is 35.5. The van der Waals surface area contributed by atoms with E-state index < -0.39 is 0 Å². The lowest BCUT2D eigenvalue weighted by Gasteiger charge is -2.27. The second-order valence-corrected chi connectivity index (χ2v) is 7.58. The van der Waals surface area contributed by atoms with Crippen LogP contribution >= 0.6 is 11.6 Å². The molecule has 0 unspecified atom stereocenters. The molecule has 0 bridgehead atoms. The zero-order valence-corrected chi connectivity index (χ0v) is 17.0. The molecule has 1 amide bonds. The first kappa shape index (κ1) is 21.0. The quantitative estimate of drug-likeness (QED) is 0.668. The zero-order chi connectivity index (χ0) is 20.8.